The van der Waals surface area contributed by atoms with Gasteiger partial charge in [0.15, 0.2) is 0 Å². The fourth-order valence-electron chi connectivity index (χ4n) is 0.921. The lowest BCUT2D eigenvalue weighted by Gasteiger charge is -1.90. The monoisotopic (exact) mass is 191 g/mol. The maximum atomic E-state index is 10.4. The van der Waals surface area contributed by atoms with Gasteiger partial charge in [0.05, 0.1) is 0 Å². The number of aromatic carboxylic acids is 1. The summed E-state index contributed by atoms with van der Waals surface area (Å²) in [6.07, 6.45) is 3.11. The quantitative estimate of drug-likeness (QED) is 0.756. The van der Waals surface area contributed by atoms with Gasteiger partial charge >= 0.3 is 11.9 Å². The van der Waals surface area contributed by atoms with Crippen LogP contribution in [0.1, 0.15) is 10.7 Å². The minimum Gasteiger partial charge on any atom is -0.474 e. The fraction of sp³-hybridized carbons (Fsp3) is 0. The third kappa shape index (κ3) is 1.45. The Morgan fingerprint density at radius 2 is 2.00 bits per heavy atom. The predicted octanol–water partition coefficient (Wildman–Crippen LogP) is 0.830. The number of carboxylic acid groups (broad SMARTS) is 1. The Hall–Kier alpha value is -2.24. The molecule has 0 fully saturated rings. The molecule has 0 unspecified atom stereocenters. The van der Waals surface area contributed by atoms with E-state index in [0.29, 0.717) is 5.56 Å². The van der Waals surface area contributed by atoms with Gasteiger partial charge in [-0.15, -0.1) is 10.2 Å². The van der Waals surface area contributed by atoms with Crippen LogP contribution in [0, 0.1) is 0 Å². The molecule has 0 amide bonds. The maximum Gasteiger partial charge on any atom is 0.393 e. The topological polar surface area (TPSA) is 89.1 Å². The van der Waals surface area contributed by atoms with E-state index in [4.69, 9.17) is 9.52 Å². The molecule has 70 valence electrons. The van der Waals surface area contributed by atoms with Gasteiger partial charge in [-0.05, 0) is 12.1 Å². The largest absolute Gasteiger partial charge is 0.474 e. The molecule has 0 radical (unpaired) electrons. The molecule has 0 bridgehead atoms. The summed E-state index contributed by atoms with van der Waals surface area (Å²) in [5, 5.41) is 15.5. The van der Waals surface area contributed by atoms with Crippen LogP contribution in [0.25, 0.3) is 11.5 Å². The number of rotatable bonds is 2. The average Bonchev–Trinajstić information content (AvgIpc) is 2.68. The van der Waals surface area contributed by atoms with Crippen molar-refractivity contribution in [3.8, 4) is 11.5 Å². The van der Waals surface area contributed by atoms with Crippen molar-refractivity contribution in [2.75, 3.05) is 0 Å². The highest BCUT2D eigenvalue weighted by Gasteiger charge is 2.13. The Balaban J connectivity index is 2.39. The number of pyridine rings is 1. The minimum atomic E-state index is -1.24. The smallest absolute Gasteiger partial charge is 0.393 e. The second kappa shape index (κ2) is 3.25. The molecule has 0 saturated carbocycles. The number of nitrogens with zero attached hydrogens (tertiary/aromatic N) is 3. The molecule has 6 heteroatoms. The summed E-state index contributed by atoms with van der Waals surface area (Å²) in [4.78, 5) is 14.2. The van der Waals surface area contributed by atoms with Gasteiger partial charge in [-0.25, -0.2) is 4.79 Å². The van der Waals surface area contributed by atoms with E-state index in [-0.39, 0.29) is 5.89 Å². The molecular formula is C8H5N3O3. The molecule has 2 heterocycles. The summed E-state index contributed by atoms with van der Waals surface area (Å²) in [5.41, 5.74) is 0.639. The van der Waals surface area contributed by atoms with Gasteiger partial charge in [-0.2, -0.15) is 0 Å². The first-order valence-corrected chi connectivity index (χ1v) is 3.74. The highest BCUT2D eigenvalue weighted by atomic mass is 16.4. The van der Waals surface area contributed by atoms with Crippen LogP contribution in [0.3, 0.4) is 0 Å². The molecule has 0 saturated heterocycles. The van der Waals surface area contributed by atoms with E-state index in [1.165, 1.54) is 0 Å². The predicted molar refractivity (Wildman–Crippen MR) is 44.5 cm³/mol. The first kappa shape index (κ1) is 8.36. The normalized spacial score (nSPS) is 10.0. The van der Waals surface area contributed by atoms with Gasteiger partial charge in [0.25, 0.3) is 0 Å². The third-order valence-electron chi connectivity index (χ3n) is 1.54. The molecule has 14 heavy (non-hydrogen) atoms. The van der Waals surface area contributed by atoms with E-state index in [0.717, 1.165) is 0 Å². The van der Waals surface area contributed by atoms with E-state index in [1.54, 1.807) is 24.5 Å². The Morgan fingerprint density at radius 1 is 1.29 bits per heavy atom. The van der Waals surface area contributed by atoms with Crippen molar-refractivity contribution >= 4 is 5.97 Å². The summed E-state index contributed by atoms with van der Waals surface area (Å²) in [7, 11) is 0. The molecular weight excluding hydrogens is 186 g/mol. The van der Waals surface area contributed by atoms with Crippen molar-refractivity contribution in [3.05, 3.63) is 30.4 Å². The summed E-state index contributed by atoms with van der Waals surface area (Å²) in [6.45, 7) is 0. The zero-order chi connectivity index (χ0) is 9.97. The van der Waals surface area contributed by atoms with Gasteiger partial charge in [0.2, 0.25) is 5.89 Å². The molecule has 2 aromatic heterocycles. The van der Waals surface area contributed by atoms with Gasteiger partial charge in [0, 0.05) is 18.0 Å². The zero-order valence-electron chi connectivity index (χ0n) is 6.91. The second-order valence-corrected chi connectivity index (χ2v) is 2.45. The lowest BCUT2D eigenvalue weighted by molar-refractivity contribution is 0.0654. The Labute approximate surface area is 78.2 Å². The molecule has 0 atom stereocenters. The maximum absolute atomic E-state index is 10.4. The van der Waals surface area contributed by atoms with E-state index in [9.17, 15) is 4.79 Å². The number of carbonyl (C=O) groups is 1. The van der Waals surface area contributed by atoms with Crippen LogP contribution < -0.4 is 0 Å². The number of hydrogen-bond acceptors (Lipinski definition) is 5. The van der Waals surface area contributed by atoms with Crippen molar-refractivity contribution in [1.29, 1.82) is 0 Å². The van der Waals surface area contributed by atoms with Gasteiger partial charge in [0.1, 0.15) is 0 Å². The molecule has 0 aromatic carbocycles. The summed E-state index contributed by atoms with van der Waals surface area (Å²) < 4.78 is 4.88. The molecule has 0 aliphatic carbocycles. The highest BCUT2D eigenvalue weighted by Crippen LogP contribution is 2.15. The lowest BCUT2D eigenvalue weighted by Crippen LogP contribution is -1.95. The number of carboxylic acids is 1. The van der Waals surface area contributed by atoms with Crippen LogP contribution in [0.15, 0.2) is 28.9 Å². The van der Waals surface area contributed by atoms with Gasteiger partial charge in [-0.1, -0.05) is 0 Å². The van der Waals surface area contributed by atoms with Crippen LogP contribution >= 0.6 is 0 Å². The number of aromatic nitrogens is 3. The average molecular weight is 191 g/mol. The first-order chi connectivity index (χ1) is 6.77. The Bertz CT molecular complexity index is 452. The SMILES string of the molecule is O=C(O)c1nnc(-c2ccncc2)o1. The summed E-state index contributed by atoms with van der Waals surface area (Å²) in [6, 6.07) is 3.30. The van der Waals surface area contributed by atoms with E-state index in [2.05, 4.69) is 15.2 Å². The summed E-state index contributed by atoms with van der Waals surface area (Å²) in [5.74, 6) is -1.49. The molecule has 0 aliphatic heterocycles. The fourth-order valence-corrected chi connectivity index (χ4v) is 0.921. The van der Waals surface area contributed by atoms with E-state index >= 15 is 0 Å². The molecule has 0 aliphatic rings. The minimum absolute atomic E-state index is 0.171. The Kier molecular flexibility index (Phi) is 1.94. The highest BCUT2D eigenvalue weighted by molar-refractivity contribution is 5.82. The van der Waals surface area contributed by atoms with Crippen molar-refractivity contribution in [2.45, 2.75) is 0 Å². The van der Waals surface area contributed by atoms with E-state index < -0.39 is 11.9 Å². The number of hydrogen-bond donors (Lipinski definition) is 1. The lowest BCUT2D eigenvalue weighted by atomic mass is 10.3. The van der Waals surface area contributed by atoms with Crippen molar-refractivity contribution in [2.24, 2.45) is 0 Å². The third-order valence-corrected chi connectivity index (χ3v) is 1.54. The van der Waals surface area contributed by atoms with E-state index in [1.807, 2.05) is 0 Å². The van der Waals surface area contributed by atoms with Crippen molar-refractivity contribution in [3.63, 3.8) is 0 Å². The molecule has 2 aromatic rings. The molecule has 6 nitrogen and oxygen atoms in total. The first-order valence-electron chi connectivity index (χ1n) is 3.74. The standard InChI is InChI=1S/C8H5N3O3/c12-8(13)7-11-10-6(14-7)5-1-3-9-4-2-5/h1-4H,(H,12,13). The zero-order valence-corrected chi connectivity index (χ0v) is 6.91. The summed E-state index contributed by atoms with van der Waals surface area (Å²) >= 11 is 0. The van der Waals surface area contributed by atoms with Crippen LogP contribution in [0.5, 0.6) is 0 Å². The Morgan fingerprint density at radius 3 is 2.57 bits per heavy atom. The van der Waals surface area contributed by atoms with Crippen molar-refractivity contribution < 1.29 is 14.3 Å². The molecule has 1 N–H and O–H groups in total. The second-order valence-electron chi connectivity index (χ2n) is 2.45. The van der Waals surface area contributed by atoms with Gasteiger partial charge < -0.3 is 9.52 Å². The van der Waals surface area contributed by atoms with Crippen LogP contribution in [0.2, 0.25) is 0 Å². The molecule has 2 rings (SSSR count). The molecule has 0 spiro atoms. The van der Waals surface area contributed by atoms with Gasteiger partial charge in [-0.3, -0.25) is 4.98 Å². The van der Waals surface area contributed by atoms with Crippen molar-refractivity contribution in [1.82, 2.24) is 15.2 Å². The van der Waals surface area contributed by atoms with Crippen LogP contribution in [0.4, 0.5) is 0 Å². The van der Waals surface area contributed by atoms with Crippen LogP contribution in [-0.2, 0) is 0 Å². The van der Waals surface area contributed by atoms with Crippen LogP contribution in [-0.4, -0.2) is 26.3 Å².